The number of aliphatic hydroxyl groups is 1. The fourth-order valence-electron chi connectivity index (χ4n) is 10.8. The van der Waals surface area contributed by atoms with E-state index in [0.29, 0.717) is 67.5 Å². The third kappa shape index (κ3) is 6.19. The number of rotatable bonds is 5. The van der Waals surface area contributed by atoms with E-state index in [1.165, 1.54) is 24.3 Å². The van der Waals surface area contributed by atoms with Crippen molar-refractivity contribution in [3.63, 3.8) is 0 Å². The van der Waals surface area contributed by atoms with Gasteiger partial charge in [-0.1, -0.05) is 58.5 Å². The second-order valence-electron chi connectivity index (χ2n) is 17.3. The van der Waals surface area contributed by atoms with Crippen LogP contribution in [0.5, 0.6) is 0 Å². The number of benzene rings is 4. The molecule has 290 valence electrons. The van der Waals surface area contributed by atoms with Crippen molar-refractivity contribution >= 4 is 82.4 Å². The quantitative estimate of drug-likeness (QED) is 0.113. The number of Topliss-reactive ketones (excluding diaryl/α,β-unsaturated/α-hetero) is 1. The molecule has 11 nitrogen and oxygen atoms in total. The van der Waals surface area contributed by atoms with E-state index in [0.717, 1.165) is 38.5 Å². The summed E-state index contributed by atoms with van der Waals surface area (Å²) in [5.41, 5.74) is 1.24. The summed E-state index contributed by atoms with van der Waals surface area (Å²) in [6.45, 7) is 15.3. The number of ketones is 1. The van der Waals surface area contributed by atoms with Gasteiger partial charge in [0.25, 0.3) is 20.2 Å². The van der Waals surface area contributed by atoms with Gasteiger partial charge in [-0.2, -0.15) is 16.8 Å². The van der Waals surface area contributed by atoms with Crippen molar-refractivity contribution in [2.75, 3.05) is 16.0 Å². The van der Waals surface area contributed by atoms with E-state index < -0.39 is 31.7 Å². The molecule has 0 aromatic heterocycles. The second kappa shape index (κ2) is 12.5. The number of allylic oxidation sites excluding steroid dienone is 2. The van der Waals surface area contributed by atoms with Crippen LogP contribution in [0, 0.1) is 23.7 Å². The smallest absolute Gasteiger partial charge is 0.295 e. The Morgan fingerprint density at radius 3 is 1.85 bits per heavy atom. The van der Waals surface area contributed by atoms with Gasteiger partial charge in [0.1, 0.15) is 21.2 Å². The summed E-state index contributed by atoms with van der Waals surface area (Å²) < 4.78 is 70.4. The molecule has 4 aromatic rings. The van der Waals surface area contributed by atoms with Crippen molar-refractivity contribution < 1.29 is 35.8 Å². The van der Waals surface area contributed by atoms with Crippen molar-refractivity contribution in [1.29, 1.82) is 0 Å². The van der Waals surface area contributed by atoms with E-state index in [-0.39, 0.29) is 43.0 Å². The molecule has 4 unspecified atom stereocenters. The number of hydrogen-bond acceptors (Lipinski definition) is 9. The molecule has 0 amide bonds. The van der Waals surface area contributed by atoms with E-state index in [9.17, 15) is 35.8 Å². The Labute approximate surface area is 321 Å². The summed E-state index contributed by atoms with van der Waals surface area (Å²) in [6.07, 6.45) is 5.43. The summed E-state index contributed by atoms with van der Waals surface area (Å²) in [4.78, 5) is 13.8. The Bertz CT molecular complexity index is 2720. The zero-order valence-corrected chi connectivity index (χ0v) is 33.2. The van der Waals surface area contributed by atoms with Gasteiger partial charge < -0.3 is 21.1 Å². The van der Waals surface area contributed by atoms with Gasteiger partial charge in [0.05, 0.1) is 16.8 Å². The highest BCUT2D eigenvalue weighted by Crippen LogP contribution is 2.51. The first-order valence-electron chi connectivity index (χ1n) is 18.9. The minimum absolute atomic E-state index is 0.0130. The van der Waals surface area contributed by atoms with E-state index in [4.69, 9.17) is 0 Å². The summed E-state index contributed by atoms with van der Waals surface area (Å²) in [5.74, 6) is 0.902. The lowest BCUT2D eigenvalue weighted by atomic mass is 9.72. The van der Waals surface area contributed by atoms with Crippen molar-refractivity contribution in [3.8, 4) is 0 Å². The van der Waals surface area contributed by atoms with Crippen molar-refractivity contribution in [1.82, 2.24) is 0 Å². The van der Waals surface area contributed by atoms with Crippen molar-refractivity contribution in [2.45, 2.75) is 94.1 Å². The number of nitrogens with one attached hydrogen (secondary N) is 3. The average molecular weight is 786 g/mol. The Balaban J connectivity index is 1.33. The highest BCUT2D eigenvalue weighted by molar-refractivity contribution is 7.86. The van der Waals surface area contributed by atoms with Gasteiger partial charge in [0.15, 0.2) is 0 Å². The van der Waals surface area contributed by atoms with Crippen molar-refractivity contribution in [2.24, 2.45) is 23.7 Å². The molecule has 4 atom stereocenters. The lowest BCUT2D eigenvalue weighted by Gasteiger charge is -2.48. The van der Waals surface area contributed by atoms with Crippen LogP contribution in [-0.4, -0.2) is 48.0 Å². The Morgan fingerprint density at radius 2 is 1.27 bits per heavy atom. The van der Waals surface area contributed by atoms with Crippen LogP contribution in [0.25, 0.3) is 39.3 Å². The van der Waals surface area contributed by atoms with E-state index in [2.05, 4.69) is 57.1 Å². The van der Waals surface area contributed by atoms with Gasteiger partial charge in [-0.25, -0.2) is 0 Å². The first-order chi connectivity index (χ1) is 25.7. The molecule has 1 heterocycles. The van der Waals surface area contributed by atoms with Crippen LogP contribution in [-0.2, 0) is 25.0 Å². The fraction of sp³-hybridized carbons (Fsp3) is 0.405. The van der Waals surface area contributed by atoms with Gasteiger partial charge >= 0.3 is 0 Å². The van der Waals surface area contributed by atoms with Crippen LogP contribution in [0.4, 0.5) is 17.1 Å². The summed E-state index contributed by atoms with van der Waals surface area (Å²) in [7, 11) is -9.23. The number of carbonyl (C=O) groups is 1. The molecule has 13 heteroatoms. The minimum atomic E-state index is -4.63. The first kappa shape index (κ1) is 37.5. The monoisotopic (exact) mass is 785 g/mol. The van der Waals surface area contributed by atoms with Gasteiger partial charge in [0.2, 0.25) is 5.78 Å². The molecule has 0 radical (unpaired) electrons. The number of carbonyl (C=O) groups excluding carboxylic acids is 1. The molecule has 1 spiro atoms. The van der Waals surface area contributed by atoms with Crippen LogP contribution >= 0.6 is 0 Å². The Morgan fingerprint density at radius 1 is 0.727 bits per heavy atom. The van der Waals surface area contributed by atoms with E-state index in [1.807, 2.05) is 0 Å². The predicted octanol–water partition coefficient (Wildman–Crippen LogP) is 7.22. The normalized spacial score (nSPS) is 29.3. The maximum atomic E-state index is 14.4. The highest BCUT2D eigenvalue weighted by atomic mass is 32.2. The second-order valence-corrected chi connectivity index (χ2v) is 20.0. The number of hydrogen-bond donors (Lipinski definition) is 6. The largest absolute Gasteiger partial charge is 0.506 e. The van der Waals surface area contributed by atoms with E-state index >= 15 is 0 Å². The highest BCUT2D eigenvalue weighted by Gasteiger charge is 2.44. The maximum Gasteiger partial charge on any atom is 0.295 e. The van der Waals surface area contributed by atoms with Crippen LogP contribution in [0.3, 0.4) is 0 Å². The molecular weight excluding hydrogens is 739 g/mol. The molecule has 1 aliphatic heterocycles. The maximum absolute atomic E-state index is 14.4. The first-order valence-corrected chi connectivity index (χ1v) is 21.7. The minimum Gasteiger partial charge on any atom is -0.506 e. The average Bonchev–Trinajstić information content (AvgIpc) is 3.04. The van der Waals surface area contributed by atoms with Gasteiger partial charge in [0, 0.05) is 44.0 Å². The Hall–Kier alpha value is -4.43. The molecule has 8 rings (SSSR count). The third-order valence-corrected chi connectivity index (χ3v) is 14.0. The standard InChI is InChI=1S/C42H47N3O8S2/c1-21-15-22(2)18-41(6,17-21)43-30-11-13-32(54(48,49)50)27-8-7-26(25(5)34(27)30)36-39(46)37(40(36)47)29-10-9-28-33(55(51,52)53)14-12-31-35(28)38(29)45-42(44-31)19-23(3)16-24(4)20-42/h7-14,21-24,43-46H,5,15-20H2,1-4,6H3,(H,48,49,50)(H,51,52,53)/b36-26-. The van der Waals surface area contributed by atoms with E-state index in [1.54, 1.807) is 24.3 Å². The number of anilines is 3. The SMILES string of the molecule is C=c1/c(=C2\C(=O)C(c3ccc4c(S(=O)(=O)O)ccc5c4c3NC3(CC(C)CC(C)C3)N5)=C2O)ccc2c(S(=O)(=O)O)ccc(NC3(C)CC(C)CC(C)C3)c12. The van der Waals surface area contributed by atoms with Crippen LogP contribution < -0.4 is 26.4 Å². The Kier molecular flexibility index (Phi) is 8.55. The summed E-state index contributed by atoms with van der Waals surface area (Å²) >= 11 is 0. The molecule has 2 fully saturated rings. The lowest BCUT2D eigenvalue weighted by molar-refractivity contribution is -0.109. The molecule has 3 aliphatic carbocycles. The summed E-state index contributed by atoms with van der Waals surface area (Å²) in [5, 5.41) is 24.8. The zero-order valence-electron chi connectivity index (χ0n) is 31.6. The number of aliphatic hydroxyl groups excluding tert-OH is 1. The molecular formula is C42H47N3O8S2. The van der Waals surface area contributed by atoms with Gasteiger partial charge in [-0.3, -0.25) is 13.9 Å². The van der Waals surface area contributed by atoms with Crippen LogP contribution in [0.15, 0.2) is 64.1 Å². The molecule has 2 saturated carbocycles. The predicted molar refractivity (Wildman–Crippen MR) is 217 cm³/mol. The molecule has 55 heavy (non-hydrogen) atoms. The number of fused-ring (bicyclic) bond motifs is 1. The molecule has 4 aromatic carbocycles. The molecule has 4 aliphatic rings. The van der Waals surface area contributed by atoms with Crippen molar-refractivity contribution in [3.05, 3.63) is 70.3 Å². The molecule has 6 N–H and O–H groups in total. The molecule has 0 saturated heterocycles. The lowest BCUT2D eigenvalue weighted by Crippen LogP contribution is -2.53. The van der Waals surface area contributed by atoms with Crippen LogP contribution in [0.1, 0.15) is 78.7 Å². The molecule has 0 bridgehead atoms. The topological polar surface area (TPSA) is 182 Å². The zero-order chi connectivity index (χ0) is 39.6. The van der Waals surface area contributed by atoms with Gasteiger partial charge in [-0.15, -0.1) is 0 Å². The van der Waals surface area contributed by atoms with Gasteiger partial charge in [-0.05, 0) is 104 Å². The van der Waals surface area contributed by atoms with Crippen LogP contribution in [0.2, 0.25) is 0 Å². The summed E-state index contributed by atoms with van der Waals surface area (Å²) in [6, 6.07) is 12.2. The third-order valence-electron chi connectivity index (χ3n) is 12.2. The fourth-order valence-corrected chi connectivity index (χ4v) is 12.2.